The van der Waals surface area contributed by atoms with E-state index in [9.17, 15) is 4.79 Å². The molecule has 2 aromatic heterocycles. The van der Waals surface area contributed by atoms with Crippen molar-refractivity contribution in [2.75, 3.05) is 32.5 Å². The first-order valence-corrected chi connectivity index (χ1v) is 10.5. The molecule has 8 heteroatoms. The third-order valence-corrected chi connectivity index (χ3v) is 5.60. The Morgan fingerprint density at radius 2 is 1.93 bits per heavy atom. The fraction of sp³-hybridized carbons (Fsp3) is 0.250. The fourth-order valence-electron chi connectivity index (χ4n) is 2.54. The molecule has 0 bridgehead atoms. The average Bonchev–Trinajstić information content (AvgIpc) is 3.12. The second-order valence-corrected chi connectivity index (χ2v) is 8.95. The van der Waals surface area contributed by atoms with Crippen molar-refractivity contribution in [3.63, 3.8) is 0 Å². The van der Waals surface area contributed by atoms with Gasteiger partial charge < -0.3 is 15.5 Å². The number of rotatable bonds is 8. The molecule has 0 saturated heterocycles. The SMILES string of the molecule is CN(C)CCCNC(=O)c1ccc(Nc2nccc(-c3ccc(Br)s3)n2)cc1. The summed E-state index contributed by atoms with van der Waals surface area (Å²) in [6.07, 6.45) is 2.65. The Labute approximate surface area is 177 Å². The summed E-state index contributed by atoms with van der Waals surface area (Å²) < 4.78 is 1.06. The highest BCUT2D eigenvalue weighted by molar-refractivity contribution is 9.11. The van der Waals surface area contributed by atoms with Gasteiger partial charge in [-0.2, -0.15) is 0 Å². The number of halogens is 1. The molecular formula is C20H22BrN5OS. The molecule has 0 fully saturated rings. The normalized spacial score (nSPS) is 10.9. The molecule has 0 spiro atoms. The molecule has 0 atom stereocenters. The number of nitrogens with zero attached hydrogens (tertiary/aromatic N) is 3. The first-order valence-electron chi connectivity index (χ1n) is 8.90. The summed E-state index contributed by atoms with van der Waals surface area (Å²) in [4.78, 5) is 24.2. The first-order chi connectivity index (χ1) is 13.5. The molecule has 3 aromatic rings. The van der Waals surface area contributed by atoms with Crippen LogP contribution >= 0.6 is 27.3 Å². The van der Waals surface area contributed by atoms with Crippen molar-refractivity contribution < 1.29 is 4.79 Å². The van der Waals surface area contributed by atoms with Crippen molar-refractivity contribution in [2.45, 2.75) is 6.42 Å². The highest BCUT2D eigenvalue weighted by Gasteiger charge is 2.07. The van der Waals surface area contributed by atoms with E-state index in [4.69, 9.17) is 0 Å². The number of hydrogen-bond acceptors (Lipinski definition) is 6. The lowest BCUT2D eigenvalue weighted by Crippen LogP contribution is -2.27. The molecule has 6 nitrogen and oxygen atoms in total. The third-order valence-electron chi connectivity index (χ3n) is 3.95. The van der Waals surface area contributed by atoms with Crippen molar-refractivity contribution in [3.05, 3.63) is 58.0 Å². The van der Waals surface area contributed by atoms with Gasteiger partial charge in [0.25, 0.3) is 5.91 Å². The van der Waals surface area contributed by atoms with Gasteiger partial charge in [-0.1, -0.05) is 0 Å². The van der Waals surface area contributed by atoms with Crippen LogP contribution in [0.25, 0.3) is 10.6 Å². The van der Waals surface area contributed by atoms with E-state index in [0.29, 0.717) is 18.1 Å². The van der Waals surface area contributed by atoms with E-state index in [-0.39, 0.29) is 5.91 Å². The van der Waals surface area contributed by atoms with Gasteiger partial charge in [0, 0.05) is 24.0 Å². The van der Waals surface area contributed by atoms with E-state index in [1.165, 1.54) is 0 Å². The molecule has 28 heavy (non-hydrogen) atoms. The van der Waals surface area contributed by atoms with Crippen LogP contribution in [0.5, 0.6) is 0 Å². The number of carbonyl (C=O) groups is 1. The second-order valence-electron chi connectivity index (χ2n) is 6.48. The smallest absolute Gasteiger partial charge is 0.251 e. The standard InChI is InChI=1S/C20H22BrN5OS/c1-26(2)13-3-11-22-19(27)14-4-6-15(7-5-14)24-20-23-12-10-16(25-20)17-8-9-18(21)28-17/h4-10,12H,3,11,13H2,1-2H3,(H,22,27)(H,23,24,25). The van der Waals surface area contributed by atoms with E-state index in [0.717, 1.165) is 33.0 Å². The van der Waals surface area contributed by atoms with Crippen LogP contribution in [0.3, 0.4) is 0 Å². The zero-order chi connectivity index (χ0) is 19.9. The van der Waals surface area contributed by atoms with E-state index in [1.54, 1.807) is 29.7 Å². The highest BCUT2D eigenvalue weighted by Crippen LogP contribution is 2.30. The fourth-order valence-corrected chi connectivity index (χ4v) is 3.90. The van der Waals surface area contributed by atoms with Crippen LogP contribution in [-0.2, 0) is 0 Å². The van der Waals surface area contributed by atoms with Gasteiger partial charge in [0.2, 0.25) is 5.95 Å². The van der Waals surface area contributed by atoms with Gasteiger partial charge in [0.15, 0.2) is 0 Å². The van der Waals surface area contributed by atoms with E-state index < -0.39 is 0 Å². The minimum atomic E-state index is -0.0631. The number of benzene rings is 1. The number of anilines is 2. The molecule has 1 amide bonds. The lowest BCUT2D eigenvalue weighted by Gasteiger charge is -2.10. The quantitative estimate of drug-likeness (QED) is 0.488. The molecular weight excluding hydrogens is 438 g/mol. The number of carbonyl (C=O) groups excluding carboxylic acids is 1. The van der Waals surface area contributed by atoms with E-state index in [1.807, 2.05) is 44.4 Å². The highest BCUT2D eigenvalue weighted by atomic mass is 79.9. The third kappa shape index (κ3) is 5.85. The Hall–Kier alpha value is -2.29. The molecule has 0 radical (unpaired) electrons. The van der Waals surface area contributed by atoms with Crippen LogP contribution in [0.2, 0.25) is 0 Å². The summed E-state index contributed by atoms with van der Waals surface area (Å²) in [6, 6.07) is 13.2. The molecule has 0 aliphatic carbocycles. The maximum atomic E-state index is 12.2. The number of nitrogens with one attached hydrogen (secondary N) is 2. The molecule has 0 unspecified atom stereocenters. The van der Waals surface area contributed by atoms with Crippen molar-refractivity contribution in [1.29, 1.82) is 0 Å². The zero-order valence-electron chi connectivity index (χ0n) is 15.8. The molecule has 2 N–H and O–H groups in total. The number of hydrogen-bond donors (Lipinski definition) is 2. The molecule has 2 heterocycles. The molecule has 0 saturated carbocycles. The molecule has 146 valence electrons. The molecule has 3 rings (SSSR count). The Morgan fingerprint density at radius 1 is 1.14 bits per heavy atom. The van der Waals surface area contributed by atoms with Gasteiger partial charge in [-0.25, -0.2) is 9.97 Å². The molecule has 0 aliphatic heterocycles. The van der Waals surface area contributed by atoms with Gasteiger partial charge in [0.05, 0.1) is 14.4 Å². The van der Waals surface area contributed by atoms with Crippen LogP contribution in [0.1, 0.15) is 16.8 Å². The van der Waals surface area contributed by atoms with Gasteiger partial charge in [-0.3, -0.25) is 4.79 Å². The summed E-state index contributed by atoms with van der Waals surface area (Å²) >= 11 is 5.09. The lowest BCUT2D eigenvalue weighted by atomic mass is 10.2. The van der Waals surface area contributed by atoms with Gasteiger partial charge in [-0.15, -0.1) is 11.3 Å². The van der Waals surface area contributed by atoms with E-state index >= 15 is 0 Å². The van der Waals surface area contributed by atoms with Crippen LogP contribution < -0.4 is 10.6 Å². The van der Waals surface area contributed by atoms with E-state index in [2.05, 4.69) is 41.4 Å². The predicted octanol–water partition coefficient (Wildman–Crippen LogP) is 4.39. The Kier molecular flexibility index (Phi) is 7.13. The maximum absolute atomic E-state index is 12.2. The minimum absolute atomic E-state index is 0.0631. The Morgan fingerprint density at radius 3 is 2.61 bits per heavy atom. The Bertz CT molecular complexity index is 926. The summed E-state index contributed by atoms with van der Waals surface area (Å²) in [5.41, 5.74) is 2.32. The number of amides is 1. The minimum Gasteiger partial charge on any atom is -0.352 e. The number of thiophene rings is 1. The lowest BCUT2D eigenvalue weighted by molar-refractivity contribution is 0.0952. The van der Waals surface area contributed by atoms with Gasteiger partial charge in [-0.05, 0) is 85.5 Å². The van der Waals surface area contributed by atoms with Crippen molar-refractivity contribution in [2.24, 2.45) is 0 Å². The van der Waals surface area contributed by atoms with Crippen LogP contribution in [0.15, 0.2) is 52.4 Å². The monoisotopic (exact) mass is 459 g/mol. The van der Waals surface area contributed by atoms with Crippen LogP contribution in [0, 0.1) is 0 Å². The second kappa shape index (κ2) is 9.77. The van der Waals surface area contributed by atoms with Gasteiger partial charge in [0.1, 0.15) is 0 Å². The summed E-state index contributed by atoms with van der Waals surface area (Å²) in [5, 5.41) is 6.12. The summed E-state index contributed by atoms with van der Waals surface area (Å²) in [7, 11) is 4.04. The first kappa shape index (κ1) is 20.4. The molecule has 0 aliphatic rings. The summed E-state index contributed by atoms with van der Waals surface area (Å²) in [5.74, 6) is 0.453. The largest absolute Gasteiger partial charge is 0.352 e. The summed E-state index contributed by atoms with van der Waals surface area (Å²) in [6.45, 7) is 1.61. The van der Waals surface area contributed by atoms with Crippen molar-refractivity contribution in [3.8, 4) is 10.6 Å². The Balaban J connectivity index is 1.59. The number of aromatic nitrogens is 2. The van der Waals surface area contributed by atoms with Crippen LogP contribution in [-0.4, -0.2) is 48.0 Å². The predicted molar refractivity (Wildman–Crippen MR) is 118 cm³/mol. The van der Waals surface area contributed by atoms with Crippen molar-refractivity contribution >= 4 is 44.8 Å². The molecule has 1 aromatic carbocycles. The zero-order valence-corrected chi connectivity index (χ0v) is 18.2. The average molecular weight is 460 g/mol. The topological polar surface area (TPSA) is 70.2 Å². The van der Waals surface area contributed by atoms with Gasteiger partial charge >= 0.3 is 0 Å². The maximum Gasteiger partial charge on any atom is 0.251 e. The van der Waals surface area contributed by atoms with Crippen molar-refractivity contribution in [1.82, 2.24) is 20.2 Å². The van der Waals surface area contributed by atoms with Crippen LogP contribution in [0.4, 0.5) is 11.6 Å².